The highest BCUT2D eigenvalue weighted by Crippen LogP contribution is 2.36. The predicted molar refractivity (Wildman–Crippen MR) is 79.3 cm³/mol. The van der Waals surface area contributed by atoms with Gasteiger partial charge in [-0.3, -0.25) is 0 Å². The van der Waals surface area contributed by atoms with Gasteiger partial charge in [0.15, 0.2) is 11.5 Å². The lowest BCUT2D eigenvalue weighted by atomic mass is 10.2. The van der Waals surface area contributed by atoms with Gasteiger partial charge in [0.05, 0.1) is 13.2 Å². The van der Waals surface area contributed by atoms with Crippen molar-refractivity contribution in [3.63, 3.8) is 0 Å². The van der Waals surface area contributed by atoms with Crippen LogP contribution in [0.2, 0.25) is 0 Å². The molecule has 1 aromatic carbocycles. The molecule has 0 radical (unpaired) electrons. The summed E-state index contributed by atoms with van der Waals surface area (Å²) in [6, 6.07) is 7.28. The number of hydrogen-bond acceptors (Lipinski definition) is 6. The van der Waals surface area contributed by atoms with Crippen molar-refractivity contribution in [2.24, 2.45) is 0 Å². The number of ether oxygens (including phenoxy) is 2. The number of benzene rings is 1. The van der Waals surface area contributed by atoms with E-state index >= 15 is 0 Å². The Bertz CT molecular complexity index is 670. The first-order chi connectivity index (χ1) is 11.4. The average Bonchev–Trinajstić information content (AvgIpc) is 2.97. The number of nitrogens with zero attached hydrogens (tertiary/aromatic N) is 1. The number of aromatic nitrogens is 1. The zero-order chi connectivity index (χ0) is 17.6. The first kappa shape index (κ1) is 18.3. The second kappa shape index (κ2) is 8.20. The summed E-state index contributed by atoms with van der Waals surface area (Å²) in [5, 5.41) is 3.57. The number of carbonyl (C=O) groups is 1. The van der Waals surface area contributed by atoms with Gasteiger partial charge in [-0.2, -0.15) is 13.2 Å². The van der Waals surface area contributed by atoms with Crippen molar-refractivity contribution < 1.29 is 32.0 Å². The molecule has 1 aromatic heterocycles. The maximum atomic E-state index is 12.2. The fourth-order valence-corrected chi connectivity index (χ4v) is 2.28. The average molecular weight is 361 g/mol. The van der Waals surface area contributed by atoms with E-state index in [1.165, 1.54) is 18.2 Å². The van der Waals surface area contributed by atoms with Crippen molar-refractivity contribution in [2.75, 3.05) is 6.61 Å². The Balaban J connectivity index is 1.81. The molecule has 130 valence electrons. The van der Waals surface area contributed by atoms with Crippen LogP contribution in [0.5, 0.6) is 0 Å². The second-order valence-electron chi connectivity index (χ2n) is 4.58. The lowest BCUT2D eigenvalue weighted by Gasteiger charge is -2.06. The smallest absolute Gasteiger partial charge is 0.446 e. The largest absolute Gasteiger partial charge is 0.461 e. The van der Waals surface area contributed by atoms with Gasteiger partial charge < -0.3 is 14.0 Å². The highest BCUT2D eigenvalue weighted by molar-refractivity contribution is 8.00. The molecule has 2 aromatic rings. The fraction of sp³-hybridized carbons (Fsp3) is 0.333. The van der Waals surface area contributed by atoms with Crippen molar-refractivity contribution in [3.05, 3.63) is 47.3 Å². The Morgan fingerprint density at radius 1 is 1.25 bits per heavy atom. The van der Waals surface area contributed by atoms with E-state index in [9.17, 15) is 18.0 Å². The first-order valence-corrected chi connectivity index (χ1v) is 7.74. The molecule has 0 atom stereocenters. The standard InChI is InChI=1S/C15H14F3NO4S/c1-2-22-14(20)13-7-11(23-19-13)9-21-8-10-3-5-12(6-4-10)24-15(16,17)18/h3-7H,2,8-9H2,1H3. The molecule has 2 rings (SSSR count). The zero-order valence-corrected chi connectivity index (χ0v) is 13.4. The van der Waals surface area contributed by atoms with Crippen molar-refractivity contribution in [1.29, 1.82) is 0 Å². The lowest BCUT2D eigenvalue weighted by molar-refractivity contribution is -0.0328. The third kappa shape index (κ3) is 5.89. The molecule has 0 unspecified atom stereocenters. The molecule has 0 N–H and O–H groups in total. The van der Waals surface area contributed by atoms with E-state index in [2.05, 4.69) is 5.16 Å². The number of hydrogen-bond donors (Lipinski definition) is 0. The number of alkyl halides is 3. The van der Waals surface area contributed by atoms with Crippen LogP contribution in [0.3, 0.4) is 0 Å². The molecule has 0 aliphatic heterocycles. The third-order valence-corrected chi connectivity index (χ3v) is 3.45. The molecule has 0 saturated heterocycles. The molecule has 5 nitrogen and oxygen atoms in total. The maximum Gasteiger partial charge on any atom is 0.446 e. The Hall–Kier alpha value is -2.00. The van der Waals surface area contributed by atoms with Gasteiger partial charge in [0, 0.05) is 11.0 Å². The van der Waals surface area contributed by atoms with E-state index < -0.39 is 11.5 Å². The summed E-state index contributed by atoms with van der Waals surface area (Å²) < 4.78 is 51.8. The highest BCUT2D eigenvalue weighted by Gasteiger charge is 2.28. The highest BCUT2D eigenvalue weighted by atomic mass is 32.2. The molecule has 1 heterocycles. The quantitative estimate of drug-likeness (QED) is 0.545. The molecule has 0 aliphatic carbocycles. The molecule has 24 heavy (non-hydrogen) atoms. The van der Waals surface area contributed by atoms with Gasteiger partial charge in [-0.25, -0.2) is 4.79 Å². The van der Waals surface area contributed by atoms with Crippen molar-refractivity contribution in [3.8, 4) is 0 Å². The van der Waals surface area contributed by atoms with E-state index in [1.807, 2.05) is 0 Å². The van der Waals surface area contributed by atoms with Crippen LogP contribution in [0.25, 0.3) is 0 Å². The molecule has 0 saturated carbocycles. The number of halogens is 3. The number of esters is 1. The number of carbonyl (C=O) groups excluding carboxylic acids is 1. The normalized spacial score (nSPS) is 11.5. The van der Waals surface area contributed by atoms with Crippen molar-refractivity contribution in [2.45, 2.75) is 30.5 Å². The molecule has 0 aliphatic rings. The molecule has 0 bridgehead atoms. The molecule has 0 fully saturated rings. The van der Waals surface area contributed by atoms with E-state index in [0.717, 1.165) is 0 Å². The molecule has 9 heteroatoms. The zero-order valence-electron chi connectivity index (χ0n) is 12.6. The predicted octanol–water partition coefficient (Wildman–Crippen LogP) is 4.18. The molecular formula is C15H14F3NO4S. The van der Waals surface area contributed by atoms with Crippen molar-refractivity contribution in [1.82, 2.24) is 5.16 Å². The number of thioether (sulfide) groups is 1. The SMILES string of the molecule is CCOC(=O)c1cc(COCc2ccc(SC(F)(F)F)cc2)on1. The van der Waals surface area contributed by atoms with Gasteiger partial charge >= 0.3 is 11.5 Å². The fourth-order valence-electron chi connectivity index (χ4n) is 1.74. The van der Waals surface area contributed by atoms with Crippen LogP contribution < -0.4 is 0 Å². The topological polar surface area (TPSA) is 61.6 Å². The van der Waals surface area contributed by atoms with E-state index in [4.69, 9.17) is 14.0 Å². The third-order valence-electron chi connectivity index (χ3n) is 2.71. The Labute approximate surface area is 140 Å². The van der Waals surface area contributed by atoms with Gasteiger partial charge in [0.2, 0.25) is 0 Å². The van der Waals surface area contributed by atoms with Gasteiger partial charge in [0.25, 0.3) is 0 Å². The van der Waals surface area contributed by atoms with Gasteiger partial charge in [-0.1, -0.05) is 17.3 Å². The summed E-state index contributed by atoms with van der Waals surface area (Å²) in [6.07, 6.45) is 0. The summed E-state index contributed by atoms with van der Waals surface area (Å²) in [6.45, 7) is 2.18. The van der Waals surface area contributed by atoms with E-state index in [0.29, 0.717) is 11.3 Å². The monoisotopic (exact) mass is 361 g/mol. The number of rotatable bonds is 7. The maximum absolute atomic E-state index is 12.2. The Morgan fingerprint density at radius 2 is 1.96 bits per heavy atom. The minimum atomic E-state index is -4.30. The van der Waals surface area contributed by atoms with Crippen LogP contribution in [-0.4, -0.2) is 23.2 Å². The van der Waals surface area contributed by atoms with Crippen LogP contribution in [0.4, 0.5) is 13.2 Å². The van der Waals surface area contributed by atoms with Crippen LogP contribution in [0.1, 0.15) is 28.7 Å². The summed E-state index contributed by atoms with van der Waals surface area (Å²) in [4.78, 5) is 11.5. The van der Waals surface area contributed by atoms with Crippen LogP contribution in [0, 0.1) is 0 Å². The molecule has 0 amide bonds. The van der Waals surface area contributed by atoms with Crippen molar-refractivity contribution >= 4 is 17.7 Å². The van der Waals surface area contributed by atoms with Crippen LogP contribution in [-0.2, 0) is 22.7 Å². The summed E-state index contributed by atoms with van der Waals surface area (Å²) in [5.41, 5.74) is -3.53. The molecule has 0 spiro atoms. The minimum Gasteiger partial charge on any atom is -0.461 e. The van der Waals surface area contributed by atoms with Gasteiger partial charge in [-0.15, -0.1) is 0 Å². The summed E-state index contributed by atoms with van der Waals surface area (Å²) in [7, 11) is 0. The van der Waals surface area contributed by atoms with Crippen LogP contribution in [0.15, 0.2) is 39.8 Å². The lowest BCUT2D eigenvalue weighted by Crippen LogP contribution is -2.04. The minimum absolute atomic E-state index is 0.0592. The van der Waals surface area contributed by atoms with Crippen LogP contribution >= 0.6 is 11.8 Å². The first-order valence-electron chi connectivity index (χ1n) is 6.92. The Kier molecular flexibility index (Phi) is 6.27. The van der Waals surface area contributed by atoms with Gasteiger partial charge in [0.1, 0.15) is 6.61 Å². The second-order valence-corrected chi connectivity index (χ2v) is 5.72. The summed E-state index contributed by atoms with van der Waals surface area (Å²) in [5.74, 6) is -0.229. The summed E-state index contributed by atoms with van der Waals surface area (Å²) >= 11 is -0.168. The van der Waals surface area contributed by atoms with Gasteiger partial charge in [-0.05, 0) is 36.4 Å². The Morgan fingerprint density at radius 3 is 2.58 bits per heavy atom. The van der Waals surface area contributed by atoms with E-state index in [1.54, 1.807) is 19.1 Å². The van der Waals surface area contributed by atoms with E-state index in [-0.39, 0.29) is 42.2 Å². The molecular weight excluding hydrogens is 347 g/mol.